The van der Waals surface area contributed by atoms with Gasteiger partial charge in [0.25, 0.3) is 0 Å². The van der Waals surface area contributed by atoms with Crippen LogP contribution in [-0.4, -0.2) is 53.0 Å². The number of nitrogens with two attached hydrogens (primary N) is 1. The molecule has 1 rings (SSSR count). The molecule has 3 N–H and O–H groups in total. The molecule has 0 heterocycles. The van der Waals surface area contributed by atoms with E-state index in [0.29, 0.717) is 19.4 Å². The highest BCUT2D eigenvalue weighted by molar-refractivity contribution is 5.86. The molecule has 2 atom stereocenters. The van der Waals surface area contributed by atoms with Crippen LogP contribution < -0.4 is 11.1 Å². The number of primary amides is 1. The van der Waals surface area contributed by atoms with E-state index in [1.54, 1.807) is 25.7 Å². The van der Waals surface area contributed by atoms with Crippen molar-refractivity contribution >= 4 is 23.9 Å². The molecule has 0 fully saturated rings. The van der Waals surface area contributed by atoms with Crippen molar-refractivity contribution in [3.63, 3.8) is 0 Å². The average molecular weight is 660 g/mol. The number of benzene rings is 1. The number of carbonyl (C=O) groups excluding carboxylic acids is 4. The molecule has 0 saturated heterocycles. The molecule has 0 aliphatic carbocycles. The molecule has 47 heavy (non-hydrogen) atoms. The maximum absolute atomic E-state index is 14.2. The van der Waals surface area contributed by atoms with Crippen LogP contribution in [0.1, 0.15) is 150 Å². The molecular formula is C38H65N3O6. The summed E-state index contributed by atoms with van der Waals surface area (Å²) >= 11 is 0. The maximum atomic E-state index is 14.2. The van der Waals surface area contributed by atoms with Crippen LogP contribution in [0.3, 0.4) is 0 Å². The fraction of sp³-hybridized carbons (Fsp3) is 0.737. The topological polar surface area (TPSA) is 128 Å². The van der Waals surface area contributed by atoms with Gasteiger partial charge in [-0.3, -0.25) is 14.4 Å². The summed E-state index contributed by atoms with van der Waals surface area (Å²) in [4.78, 5) is 53.4. The average Bonchev–Trinajstić information content (AvgIpc) is 2.99. The monoisotopic (exact) mass is 659 g/mol. The van der Waals surface area contributed by atoms with Crippen molar-refractivity contribution in [2.24, 2.45) is 11.7 Å². The first-order valence-electron chi connectivity index (χ1n) is 18.1. The second-order valence-corrected chi connectivity index (χ2v) is 14.3. The smallest absolute Gasteiger partial charge is 0.408 e. The zero-order chi connectivity index (χ0) is 35.1. The van der Waals surface area contributed by atoms with Crippen LogP contribution in [0.15, 0.2) is 30.3 Å². The lowest BCUT2D eigenvalue weighted by Gasteiger charge is -2.36. The number of amides is 3. The quantitative estimate of drug-likeness (QED) is 0.0804. The van der Waals surface area contributed by atoms with Crippen LogP contribution >= 0.6 is 0 Å². The molecule has 1 aromatic rings. The number of carbonyl (C=O) groups is 4. The largest absolute Gasteiger partial charge is 0.461 e. The number of hydrogen-bond acceptors (Lipinski definition) is 6. The minimum atomic E-state index is -0.932. The highest BCUT2D eigenvalue weighted by atomic mass is 16.6. The van der Waals surface area contributed by atoms with E-state index >= 15 is 0 Å². The normalized spacial score (nSPS) is 12.7. The van der Waals surface area contributed by atoms with Gasteiger partial charge in [0.05, 0.1) is 0 Å². The number of hydrogen-bond donors (Lipinski definition) is 2. The minimum Gasteiger partial charge on any atom is -0.461 e. The third-order valence-corrected chi connectivity index (χ3v) is 7.97. The van der Waals surface area contributed by atoms with Gasteiger partial charge < -0.3 is 25.4 Å². The fourth-order valence-corrected chi connectivity index (χ4v) is 5.62. The van der Waals surface area contributed by atoms with E-state index in [1.165, 1.54) is 51.4 Å². The summed E-state index contributed by atoms with van der Waals surface area (Å²) < 4.78 is 10.9. The minimum absolute atomic E-state index is 0.0567. The number of nitrogens with zero attached hydrogens (tertiary/aromatic N) is 1. The van der Waals surface area contributed by atoms with Gasteiger partial charge in [0, 0.05) is 25.4 Å². The van der Waals surface area contributed by atoms with Gasteiger partial charge >= 0.3 is 12.1 Å². The van der Waals surface area contributed by atoms with E-state index in [0.717, 1.165) is 24.8 Å². The Kier molecular flexibility index (Phi) is 21.5. The summed E-state index contributed by atoms with van der Waals surface area (Å²) in [5, 5.41) is 2.76. The molecule has 0 unspecified atom stereocenters. The van der Waals surface area contributed by atoms with Crippen LogP contribution in [-0.2, 0) is 30.5 Å². The summed E-state index contributed by atoms with van der Waals surface area (Å²) in [5.74, 6) is -1.00. The third kappa shape index (κ3) is 21.4. The lowest BCUT2D eigenvalue weighted by Crippen LogP contribution is -2.54. The molecule has 9 heteroatoms. The van der Waals surface area contributed by atoms with Crippen molar-refractivity contribution in [1.82, 2.24) is 10.2 Å². The molecule has 0 radical (unpaired) electrons. The fourth-order valence-electron chi connectivity index (χ4n) is 5.62. The van der Waals surface area contributed by atoms with Crippen molar-refractivity contribution in [2.45, 2.75) is 169 Å². The highest BCUT2D eigenvalue weighted by Gasteiger charge is 2.33. The first-order valence-corrected chi connectivity index (χ1v) is 18.1. The molecule has 0 aromatic heterocycles. The molecule has 1 aromatic carbocycles. The molecular weight excluding hydrogens is 594 g/mol. The summed E-state index contributed by atoms with van der Waals surface area (Å²) in [6.07, 6.45) is 14.0. The second-order valence-electron chi connectivity index (χ2n) is 14.3. The first-order chi connectivity index (χ1) is 22.3. The second kappa shape index (κ2) is 24.1. The summed E-state index contributed by atoms with van der Waals surface area (Å²) in [7, 11) is 0. The van der Waals surface area contributed by atoms with Crippen LogP contribution in [0, 0.1) is 5.92 Å². The van der Waals surface area contributed by atoms with Crippen molar-refractivity contribution < 1.29 is 28.7 Å². The number of rotatable bonds is 25. The van der Waals surface area contributed by atoms with E-state index in [9.17, 15) is 19.2 Å². The Morgan fingerprint density at radius 2 is 1.40 bits per heavy atom. The summed E-state index contributed by atoms with van der Waals surface area (Å²) in [6, 6.07) is 8.12. The summed E-state index contributed by atoms with van der Waals surface area (Å²) in [6.45, 7) is 12.1. The third-order valence-electron chi connectivity index (χ3n) is 7.97. The van der Waals surface area contributed by atoms with Crippen LogP contribution in [0.25, 0.3) is 0 Å². The van der Waals surface area contributed by atoms with Gasteiger partial charge in [-0.1, -0.05) is 122 Å². The standard InChI is InChI=1S/C38H65N3O6/c1-7-8-9-10-11-12-13-14-15-16-20-24-32(27-34(39)42)41(28-30(2)3)36(44)33(40-37(45)47-38(4,5)6)25-21-26-35(43)46-29-31-22-18-17-19-23-31/h17-19,22-23,30,32-33H,7-16,20-21,24-29H2,1-6H3,(H2,39,42)(H,40,45)/t32-,33-/m0/s1. The van der Waals surface area contributed by atoms with E-state index in [2.05, 4.69) is 12.2 Å². The van der Waals surface area contributed by atoms with E-state index in [-0.39, 0.29) is 49.7 Å². The zero-order valence-corrected chi connectivity index (χ0v) is 30.3. The van der Waals surface area contributed by atoms with Gasteiger partial charge in [-0.2, -0.15) is 0 Å². The van der Waals surface area contributed by atoms with Crippen LogP contribution in [0.4, 0.5) is 4.79 Å². The van der Waals surface area contributed by atoms with Crippen molar-refractivity contribution in [3.8, 4) is 0 Å². The number of unbranched alkanes of at least 4 members (excludes halogenated alkanes) is 10. The van der Waals surface area contributed by atoms with Gasteiger partial charge in [0.15, 0.2) is 0 Å². The Balaban J connectivity index is 2.89. The van der Waals surface area contributed by atoms with Gasteiger partial charge in [0.2, 0.25) is 11.8 Å². The number of alkyl carbamates (subject to hydrolysis) is 1. The predicted octanol–water partition coefficient (Wildman–Crippen LogP) is 8.22. The Bertz CT molecular complexity index is 1020. The maximum Gasteiger partial charge on any atom is 0.408 e. The van der Waals surface area contributed by atoms with Crippen LogP contribution in [0.2, 0.25) is 0 Å². The first kappa shape index (κ1) is 41.9. The van der Waals surface area contributed by atoms with Gasteiger partial charge in [-0.15, -0.1) is 0 Å². The SMILES string of the molecule is CCCCCCCCCCCCC[C@@H](CC(N)=O)N(CC(C)C)C(=O)[C@H](CCCC(=O)OCc1ccccc1)NC(=O)OC(C)(C)C. The Hall–Kier alpha value is -3.10. The van der Waals surface area contributed by atoms with Gasteiger partial charge in [-0.25, -0.2) is 4.79 Å². The molecule has 0 saturated carbocycles. The van der Waals surface area contributed by atoms with E-state index < -0.39 is 23.6 Å². The van der Waals surface area contributed by atoms with Crippen LogP contribution in [0.5, 0.6) is 0 Å². The van der Waals surface area contributed by atoms with Crippen molar-refractivity contribution in [1.29, 1.82) is 0 Å². The molecule has 9 nitrogen and oxygen atoms in total. The van der Waals surface area contributed by atoms with E-state index in [4.69, 9.17) is 15.2 Å². The summed E-state index contributed by atoms with van der Waals surface area (Å²) in [5.41, 5.74) is 5.82. The van der Waals surface area contributed by atoms with Gasteiger partial charge in [-0.05, 0) is 51.5 Å². The lowest BCUT2D eigenvalue weighted by atomic mass is 9.98. The Morgan fingerprint density at radius 3 is 1.94 bits per heavy atom. The predicted molar refractivity (Wildman–Crippen MR) is 188 cm³/mol. The molecule has 0 aliphatic rings. The van der Waals surface area contributed by atoms with Crippen molar-refractivity contribution in [3.05, 3.63) is 35.9 Å². The Morgan fingerprint density at radius 1 is 0.830 bits per heavy atom. The van der Waals surface area contributed by atoms with Gasteiger partial charge in [0.1, 0.15) is 18.2 Å². The number of ether oxygens (including phenoxy) is 2. The molecule has 268 valence electrons. The lowest BCUT2D eigenvalue weighted by molar-refractivity contribution is -0.145. The molecule has 3 amide bonds. The Labute approximate surface area is 285 Å². The molecule has 0 bridgehead atoms. The molecule has 0 aliphatic heterocycles. The number of nitrogens with one attached hydrogen (secondary N) is 1. The van der Waals surface area contributed by atoms with Crippen molar-refractivity contribution in [2.75, 3.05) is 6.54 Å². The van der Waals surface area contributed by atoms with E-state index in [1.807, 2.05) is 44.2 Å². The number of esters is 1. The zero-order valence-electron chi connectivity index (χ0n) is 30.3. The molecule has 0 spiro atoms. The highest BCUT2D eigenvalue weighted by Crippen LogP contribution is 2.20.